The van der Waals surface area contributed by atoms with E-state index in [9.17, 15) is 4.79 Å². The zero-order chi connectivity index (χ0) is 17.2. The molecule has 1 aromatic heterocycles. The molecule has 1 amide bonds. The maximum atomic E-state index is 12.3. The van der Waals surface area contributed by atoms with Crippen molar-refractivity contribution in [1.29, 1.82) is 0 Å². The molecule has 0 unspecified atom stereocenters. The van der Waals surface area contributed by atoms with Crippen LogP contribution in [-0.2, 0) is 6.54 Å². The van der Waals surface area contributed by atoms with E-state index in [1.807, 2.05) is 24.3 Å². The molecule has 1 aliphatic heterocycles. The number of fused-ring (bicyclic) bond motifs is 1. The number of hydrogen-bond donors (Lipinski definition) is 1. The van der Waals surface area contributed by atoms with Gasteiger partial charge in [-0.3, -0.25) is 4.79 Å². The molecular weight excluding hydrogens is 334 g/mol. The highest BCUT2D eigenvalue weighted by atomic mass is 32.2. The molecule has 3 aromatic rings. The monoisotopic (exact) mass is 351 g/mol. The number of carbonyl (C=O) groups excluding carboxylic acids is 1. The fraction of sp³-hybridized carbons (Fsp3) is 0.158. The van der Waals surface area contributed by atoms with Crippen molar-refractivity contribution in [3.05, 3.63) is 60.3 Å². The first-order chi connectivity index (χ1) is 12.2. The molecule has 0 fully saturated rings. The van der Waals surface area contributed by atoms with Gasteiger partial charge >= 0.3 is 0 Å². The lowest BCUT2D eigenvalue weighted by atomic mass is 10.1. The van der Waals surface area contributed by atoms with Crippen LogP contribution in [0.4, 0.5) is 5.69 Å². The Morgan fingerprint density at radius 3 is 2.60 bits per heavy atom. The van der Waals surface area contributed by atoms with E-state index in [-0.39, 0.29) is 5.91 Å². The van der Waals surface area contributed by atoms with Crippen molar-refractivity contribution in [3.8, 4) is 17.0 Å². The number of rotatable bonds is 4. The number of amides is 1. The van der Waals surface area contributed by atoms with E-state index < -0.39 is 0 Å². The molecule has 0 saturated heterocycles. The van der Waals surface area contributed by atoms with Gasteiger partial charge in [0.2, 0.25) is 0 Å². The molecule has 0 aliphatic carbocycles. The molecule has 4 rings (SSSR count). The average Bonchev–Trinajstić information content (AvgIpc) is 3.24. The number of nitrogens with zero attached hydrogens (tertiary/aromatic N) is 2. The molecule has 6 heteroatoms. The molecule has 2 aromatic carbocycles. The van der Waals surface area contributed by atoms with E-state index in [0.29, 0.717) is 5.56 Å². The van der Waals surface area contributed by atoms with Crippen molar-refractivity contribution in [3.63, 3.8) is 0 Å². The molecule has 25 heavy (non-hydrogen) atoms. The molecule has 0 spiro atoms. The van der Waals surface area contributed by atoms with Gasteiger partial charge in [0.05, 0.1) is 12.8 Å². The summed E-state index contributed by atoms with van der Waals surface area (Å²) < 4.78 is 7.28. The summed E-state index contributed by atoms with van der Waals surface area (Å²) in [5, 5.41) is 3.98. The van der Waals surface area contributed by atoms with Crippen LogP contribution in [0.5, 0.6) is 5.75 Å². The van der Waals surface area contributed by atoms with Crippen LogP contribution in [0.2, 0.25) is 0 Å². The summed E-state index contributed by atoms with van der Waals surface area (Å²) in [6.45, 7) is 1.02. The maximum absolute atomic E-state index is 12.3. The number of carbonyl (C=O) groups is 1. The minimum Gasteiger partial charge on any atom is -0.497 e. The molecule has 1 N–H and O–H groups in total. The minimum atomic E-state index is -0.146. The van der Waals surface area contributed by atoms with E-state index in [0.717, 1.165) is 40.1 Å². The number of nitrogens with one attached hydrogen (secondary N) is 1. The highest BCUT2D eigenvalue weighted by Crippen LogP contribution is 2.29. The highest BCUT2D eigenvalue weighted by Gasteiger charge is 2.15. The smallest absolute Gasteiger partial charge is 0.255 e. The van der Waals surface area contributed by atoms with Crippen LogP contribution in [0.1, 0.15) is 10.4 Å². The van der Waals surface area contributed by atoms with E-state index in [2.05, 4.69) is 21.1 Å². The van der Waals surface area contributed by atoms with Gasteiger partial charge in [0, 0.05) is 35.3 Å². The lowest BCUT2D eigenvalue weighted by Crippen LogP contribution is -2.11. The van der Waals surface area contributed by atoms with E-state index in [4.69, 9.17) is 4.74 Å². The molecule has 0 atom stereocenters. The Morgan fingerprint density at radius 1 is 1.16 bits per heavy atom. The van der Waals surface area contributed by atoms with Crippen molar-refractivity contribution in [2.24, 2.45) is 0 Å². The van der Waals surface area contributed by atoms with Gasteiger partial charge in [0.1, 0.15) is 5.75 Å². The van der Waals surface area contributed by atoms with Gasteiger partial charge in [0.15, 0.2) is 5.16 Å². The zero-order valence-corrected chi connectivity index (χ0v) is 14.5. The lowest BCUT2D eigenvalue weighted by Gasteiger charge is -2.07. The number of benzene rings is 2. The zero-order valence-electron chi connectivity index (χ0n) is 13.7. The van der Waals surface area contributed by atoms with Crippen LogP contribution >= 0.6 is 11.8 Å². The second-order valence-electron chi connectivity index (χ2n) is 5.71. The van der Waals surface area contributed by atoms with Crippen LogP contribution in [0, 0.1) is 0 Å². The van der Waals surface area contributed by atoms with Gasteiger partial charge < -0.3 is 14.6 Å². The largest absolute Gasteiger partial charge is 0.497 e. The predicted octanol–water partition coefficient (Wildman–Crippen LogP) is 3.92. The SMILES string of the molecule is COc1ccc(C(=O)Nc2ccc(-c3cn4c(n3)SCC4)cc2)cc1. The number of anilines is 1. The van der Waals surface area contributed by atoms with Gasteiger partial charge in [0.25, 0.3) is 5.91 Å². The Balaban J connectivity index is 1.46. The summed E-state index contributed by atoms with van der Waals surface area (Å²) >= 11 is 1.78. The van der Waals surface area contributed by atoms with Gasteiger partial charge in [-0.05, 0) is 36.4 Å². The van der Waals surface area contributed by atoms with Crippen molar-refractivity contribution >= 4 is 23.4 Å². The fourth-order valence-corrected chi connectivity index (χ4v) is 3.66. The molecule has 2 heterocycles. The van der Waals surface area contributed by atoms with Crippen LogP contribution in [0.3, 0.4) is 0 Å². The summed E-state index contributed by atoms with van der Waals surface area (Å²) in [4.78, 5) is 16.9. The Bertz CT molecular complexity index is 880. The third-order valence-corrected chi connectivity index (χ3v) is 5.06. The first kappa shape index (κ1) is 15.8. The number of hydrogen-bond acceptors (Lipinski definition) is 4. The lowest BCUT2D eigenvalue weighted by molar-refractivity contribution is 0.102. The van der Waals surface area contributed by atoms with Gasteiger partial charge in [-0.25, -0.2) is 4.98 Å². The third kappa shape index (κ3) is 3.25. The Morgan fingerprint density at radius 2 is 1.92 bits per heavy atom. The normalized spacial score (nSPS) is 12.7. The molecule has 0 saturated carbocycles. The van der Waals surface area contributed by atoms with Crippen molar-refractivity contribution in [2.45, 2.75) is 11.7 Å². The standard InChI is InChI=1S/C19H17N3O2S/c1-24-16-8-4-14(5-9-16)18(23)20-15-6-2-13(3-7-15)17-12-22-10-11-25-19(22)21-17/h2-9,12H,10-11H2,1H3,(H,20,23). The molecule has 5 nitrogen and oxygen atoms in total. The molecule has 0 radical (unpaired) electrons. The van der Waals surface area contributed by atoms with Gasteiger partial charge in [-0.2, -0.15) is 0 Å². The number of aromatic nitrogens is 2. The van der Waals surface area contributed by atoms with Crippen molar-refractivity contribution in [1.82, 2.24) is 9.55 Å². The summed E-state index contributed by atoms with van der Waals surface area (Å²) in [5.41, 5.74) is 3.36. The fourth-order valence-electron chi connectivity index (χ4n) is 2.72. The second-order valence-corrected chi connectivity index (χ2v) is 6.77. The van der Waals surface area contributed by atoms with Gasteiger partial charge in [-0.1, -0.05) is 23.9 Å². The van der Waals surface area contributed by atoms with E-state index in [1.165, 1.54) is 0 Å². The molecular formula is C19H17N3O2S. The third-order valence-electron chi connectivity index (χ3n) is 4.09. The maximum Gasteiger partial charge on any atom is 0.255 e. The molecule has 0 bridgehead atoms. The van der Waals surface area contributed by atoms with Crippen molar-refractivity contribution in [2.75, 3.05) is 18.2 Å². The second kappa shape index (κ2) is 6.64. The Hall–Kier alpha value is -2.73. The minimum absolute atomic E-state index is 0.146. The quantitative estimate of drug-likeness (QED) is 0.774. The first-order valence-electron chi connectivity index (χ1n) is 7.99. The molecule has 126 valence electrons. The molecule has 1 aliphatic rings. The van der Waals surface area contributed by atoms with Crippen LogP contribution < -0.4 is 10.1 Å². The summed E-state index contributed by atoms with van der Waals surface area (Å²) in [5.74, 6) is 1.68. The van der Waals surface area contributed by atoms with E-state index in [1.54, 1.807) is 43.1 Å². The van der Waals surface area contributed by atoms with Crippen molar-refractivity contribution < 1.29 is 9.53 Å². The number of ether oxygens (including phenoxy) is 1. The summed E-state index contributed by atoms with van der Waals surface area (Å²) in [6, 6.07) is 14.8. The summed E-state index contributed by atoms with van der Waals surface area (Å²) in [7, 11) is 1.60. The van der Waals surface area contributed by atoms with Crippen LogP contribution in [-0.4, -0.2) is 28.3 Å². The van der Waals surface area contributed by atoms with E-state index >= 15 is 0 Å². The summed E-state index contributed by atoms with van der Waals surface area (Å²) in [6.07, 6.45) is 2.08. The number of aryl methyl sites for hydroxylation is 1. The number of thioether (sulfide) groups is 1. The van der Waals surface area contributed by atoms with Crippen LogP contribution in [0.15, 0.2) is 59.9 Å². The van der Waals surface area contributed by atoms with Crippen LogP contribution in [0.25, 0.3) is 11.3 Å². The number of imidazole rings is 1. The Kier molecular flexibility index (Phi) is 4.19. The average molecular weight is 351 g/mol. The topological polar surface area (TPSA) is 56.1 Å². The predicted molar refractivity (Wildman–Crippen MR) is 99.3 cm³/mol. The number of methoxy groups -OCH3 is 1. The first-order valence-corrected chi connectivity index (χ1v) is 8.97. The van der Waals surface area contributed by atoms with Gasteiger partial charge in [-0.15, -0.1) is 0 Å². The Labute approximate surface area is 150 Å². The highest BCUT2D eigenvalue weighted by molar-refractivity contribution is 7.99.